The number of carbonyl (C=O) groups is 1. The van der Waals surface area contributed by atoms with Crippen molar-refractivity contribution in [2.75, 3.05) is 19.7 Å². The Labute approximate surface area is 97.1 Å². The van der Waals surface area contributed by atoms with Crippen LogP contribution in [-0.4, -0.2) is 42.6 Å². The highest BCUT2D eigenvalue weighted by molar-refractivity contribution is 5.77. The third-order valence-corrected chi connectivity index (χ3v) is 3.61. The van der Waals surface area contributed by atoms with Gasteiger partial charge >= 0.3 is 0 Å². The van der Waals surface area contributed by atoms with Crippen molar-refractivity contribution in [3.05, 3.63) is 0 Å². The Kier molecular flexibility index (Phi) is 4.18. The number of amides is 1. The Morgan fingerprint density at radius 3 is 2.69 bits per heavy atom. The summed E-state index contributed by atoms with van der Waals surface area (Å²) in [5.74, 6) is 0.286. The highest BCUT2D eigenvalue weighted by Gasteiger charge is 2.21. The Morgan fingerprint density at radius 1 is 1.31 bits per heavy atom. The lowest BCUT2D eigenvalue weighted by atomic mass is 9.94. The Balaban J connectivity index is 1.59. The second kappa shape index (κ2) is 5.64. The Hall–Kier alpha value is -0.610. The van der Waals surface area contributed by atoms with Gasteiger partial charge in [-0.15, -0.1) is 0 Å². The van der Waals surface area contributed by atoms with E-state index in [1.807, 2.05) is 4.90 Å². The number of ether oxygens (including phenoxy) is 1. The van der Waals surface area contributed by atoms with Gasteiger partial charge in [0.15, 0.2) is 0 Å². The number of hydrogen-bond acceptors (Lipinski definition) is 3. The van der Waals surface area contributed by atoms with Crippen molar-refractivity contribution in [1.82, 2.24) is 4.90 Å². The van der Waals surface area contributed by atoms with Gasteiger partial charge in [0.1, 0.15) is 0 Å². The molecule has 0 aromatic carbocycles. The van der Waals surface area contributed by atoms with Crippen LogP contribution in [0, 0.1) is 0 Å². The first-order valence-corrected chi connectivity index (χ1v) is 6.40. The number of likely N-dealkylation sites (tertiary alicyclic amines) is 1. The lowest BCUT2D eigenvalue weighted by molar-refractivity contribution is -0.128. The molecule has 16 heavy (non-hydrogen) atoms. The zero-order valence-corrected chi connectivity index (χ0v) is 9.86. The molecule has 1 aliphatic carbocycles. The number of nitrogens with two attached hydrogens (primary N) is 1. The van der Waals surface area contributed by atoms with E-state index in [1.54, 1.807) is 0 Å². The quantitative estimate of drug-likeness (QED) is 0.774. The minimum Gasteiger partial charge on any atom is -0.376 e. The van der Waals surface area contributed by atoms with Gasteiger partial charge in [0.05, 0.1) is 12.7 Å². The van der Waals surface area contributed by atoms with E-state index in [0.717, 1.165) is 51.6 Å². The lowest BCUT2D eigenvalue weighted by Gasteiger charge is -2.27. The molecule has 4 nitrogen and oxygen atoms in total. The monoisotopic (exact) mass is 226 g/mol. The molecule has 0 unspecified atom stereocenters. The van der Waals surface area contributed by atoms with Crippen LogP contribution in [0.3, 0.4) is 0 Å². The summed E-state index contributed by atoms with van der Waals surface area (Å²) in [6.07, 6.45) is 6.41. The molecule has 0 atom stereocenters. The SMILES string of the molecule is NC1CCC(OCCN2CCCC2=O)CC1. The minimum atomic E-state index is 0.286. The van der Waals surface area contributed by atoms with Gasteiger partial charge in [-0.2, -0.15) is 0 Å². The van der Waals surface area contributed by atoms with Crippen LogP contribution in [-0.2, 0) is 9.53 Å². The summed E-state index contributed by atoms with van der Waals surface area (Å²) >= 11 is 0. The van der Waals surface area contributed by atoms with Crippen molar-refractivity contribution in [3.63, 3.8) is 0 Å². The molecule has 2 aliphatic rings. The van der Waals surface area contributed by atoms with E-state index < -0.39 is 0 Å². The molecule has 1 saturated carbocycles. The summed E-state index contributed by atoms with van der Waals surface area (Å²) < 4.78 is 5.79. The molecule has 2 N–H and O–H groups in total. The van der Waals surface area contributed by atoms with Crippen LogP contribution < -0.4 is 5.73 Å². The van der Waals surface area contributed by atoms with Crippen LogP contribution in [0.5, 0.6) is 0 Å². The fourth-order valence-electron chi connectivity index (χ4n) is 2.53. The average molecular weight is 226 g/mol. The summed E-state index contributed by atoms with van der Waals surface area (Å²) in [6, 6.07) is 0.375. The van der Waals surface area contributed by atoms with Gasteiger partial charge in [-0.3, -0.25) is 4.79 Å². The van der Waals surface area contributed by atoms with E-state index in [4.69, 9.17) is 10.5 Å². The normalized spacial score (nSPS) is 31.1. The molecule has 0 radical (unpaired) electrons. The third-order valence-electron chi connectivity index (χ3n) is 3.61. The maximum absolute atomic E-state index is 11.4. The number of nitrogens with zero attached hydrogens (tertiary/aromatic N) is 1. The molecule has 0 bridgehead atoms. The van der Waals surface area contributed by atoms with Gasteiger partial charge in [0.25, 0.3) is 0 Å². The van der Waals surface area contributed by atoms with Crippen molar-refractivity contribution < 1.29 is 9.53 Å². The van der Waals surface area contributed by atoms with Crippen LogP contribution in [0.2, 0.25) is 0 Å². The minimum absolute atomic E-state index is 0.286. The van der Waals surface area contributed by atoms with Gasteiger partial charge in [-0.25, -0.2) is 0 Å². The summed E-state index contributed by atoms with van der Waals surface area (Å²) in [5.41, 5.74) is 5.83. The predicted octanol–water partition coefficient (Wildman–Crippen LogP) is 0.895. The summed E-state index contributed by atoms with van der Waals surface area (Å²) in [4.78, 5) is 13.3. The molecule has 0 spiro atoms. The fourth-order valence-corrected chi connectivity index (χ4v) is 2.53. The van der Waals surface area contributed by atoms with Gasteiger partial charge in [0.2, 0.25) is 5.91 Å². The first-order valence-electron chi connectivity index (χ1n) is 6.40. The Bertz CT molecular complexity index is 237. The van der Waals surface area contributed by atoms with Gasteiger partial charge in [0, 0.05) is 25.6 Å². The maximum atomic E-state index is 11.4. The zero-order chi connectivity index (χ0) is 11.4. The van der Waals surface area contributed by atoms with Crippen LogP contribution in [0.1, 0.15) is 38.5 Å². The van der Waals surface area contributed by atoms with Crippen molar-refractivity contribution in [2.45, 2.75) is 50.7 Å². The summed E-state index contributed by atoms with van der Waals surface area (Å²) in [6.45, 7) is 2.37. The molecule has 2 fully saturated rings. The summed E-state index contributed by atoms with van der Waals surface area (Å²) in [5, 5.41) is 0. The standard InChI is InChI=1S/C12H22N2O2/c13-10-3-5-11(6-4-10)16-9-8-14-7-1-2-12(14)15/h10-11H,1-9,13H2. The van der Waals surface area contributed by atoms with E-state index in [2.05, 4.69) is 0 Å². The highest BCUT2D eigenvalue weighted by Crippen LogP contribution is 2.19. The zero-order valence-electron chi connectivity index (χ0n) is 9.86. The van der Waals surface area contributed by atoms with Crippen molar-refractivity contribution in [1.29, 1.82) is 0 Å². The second-order valence-electron chi connectivity index (χ2n) is 4.89. The molecule has 1 amide bonds. The van der Waals surface area contributed by atoms with E-state index in [9.17, 15) is 4.79 Å². The first-order chi connectivity index (χ1) is 7.75. The van der Waals surface area contributed by atoms with Gasteiger partial charge in [-0.1, -0.05) is 0 Å². The molecule has 1 aliphatic heterocycles. The highest BCUT2D eigenvalue weighted by atomic mass is 16.5. The molecule has 0 aromatic rings. The molecular formula is C12H22N2O2. The number of hydrogen-bond donors (Lipinski definition) is 1. The number of carbonyl (C=O) groups excluding carboxylic acids is 1. The molecular weight excluding hydrogens is 204 g/mol. The first kappa shape index (κ1) is 11.9. The van der Waals surface area contributed by atoms with E-state index in [-0.39, 0.29) is 5.91 Å². The van der Waals surface area contributed by atoms with E-state index in [0.29, 0.717) is 18.8 Å². The van der Waals surface area contributed by atoms with Crippen LogP contribution in [0.15, 0.2) is 0 Å². The number of rotatable bonds is 4. The molecule has 0 aromatic heterocycles. The van der Waals surface area contributed by atoms with Crippen LogP contribution in [0.4, 0.5) is 0 Å². The van der Waals surface area contributed by atoms with Crippen molar-refractivity contribution in [2.24, 2.45) is 5.73 Å². The maximum Gasteiger partial charge on any atom is 0.222 e. The second-order valence-corrected chi connectivity index (χ2v) is 4.89. The largest absolute Gasteiger partial charge is 0.376 e. The van der Waals surface area contributed by atoms with Crippen LogP contribution >= 0.6 is 0 Å². The van der Waals surface area contributed by atoms with Gasteiger partial charge in [-0.05, 0) is 32.1 Å². The predicted molar refractivity (Wildman–Crippen MR) is 62.0 cm³/mol. The average Bonchev–Trinajstić information content (AvgIpc) is 2.68. The van der Waals surface area contributed by atoms with E-state index in [1.165, 1.54) is 0 Å². The third kappa shape index (κ3) is 3.19. The molecule has 92 valence electrons. The molecule has 1 heterocycles. The molecule has 2 rings (SSSR count). The van der Waals surface area contributed by atoms with Crippen molar-refractivity contribution >= 4 is 5.91 Å². The van der Waals surface area contributed by atoms with Crippen molar-refractivity contribution in [3.8, 4) is 0 Å². The van der Waals surface area contributed by atoms with Crippen LogP contribution in [0.25, 0.3) is 0 Å². The Morgan fingerprint density at radius 2 is 2.06 bits per heavy atom. The smallest absolute Gasteiger partial charge is 0.222 e. The van der Waals surface area contributed by atoms with E-state index >= 15 is 0 Å². The lowest BCUT2D eigenvalue weighted by Crippen LogP contribution is -2.33. The molecule has 4 heteroatoms. The molecule has 1 saturated heterocycles. The topological polar surface area (TPSA) is 55.6 Å². The van der Waals surface area contributed by atoms with Gasteiger partial charge < -0.3 is 15.4 Å². The fraction of sp³-hybridized carbons (Fsp3) is 0.917. The summed E-state index contributed by atoms with van der Waals surface area (Å²) in [7, 11) is 0.